The summed E-state index contributed by atoms with van der Waals surface area (Å²) in [6.07, 6.45) is 1.24. The lowest BCUT2D eigenvalue weighted by Crippen LogP contribution is -2.38. The van der Waals surface area contributed by atoms with Gasteiger partial charge in [-0.1, -0.05) is 96.7 Å². The molecule has 2 fully saturated rings. The first-order valence-corrected chi connectivity index (χ1v) is 20.2. The third-order valence-corrected chi connectivity index (χ3v) is 11.0. The summed E-state index contributed by atoms with van der Waals surface area (Å²) in [5.41, 5.74) is 4.20. The fraction of sp³-hybridized carbons (Fsp3) is 0.326. The summed E-state index contributed by atoms with van der Waals surface area (Å²) < 4.78 is 45.2. The van der Waals surface area contributed by atoms with Crippen LogP contribution in [0.15, 0.2) is 91.0 Å². The standard InChI is InChI=1S/C26H27F2N7O.C17H17Cl2NO3/c27-21(28)22-29-19-10-4-5-11-20(19)35(22)25-31-23(30-24(32-25)34-14-16-36-17-15-34)33-26(12-6-7-13-26)18-8-2-1-3-9-18;1-3-22-10-23-17(21)12-6-4-5-7-14(12)20-16-13(18)9-8-11(2)15(16)19/h1-5,8-11,21H,6-7,12-17H2,(H,30,31,32,33);4-9,20H,3,10H2,1-2H3. The Morgan fingerprint density at radius 1 is 0.881 bits per heavy atom. The second-order valence-corrected chi connectivity index (χ2v) is 14.8. The molecule has 1 saturated heterocycles. The number of benzene rings is 4. The highest BCUT2D eigenvalue weighted by molar-refractivity contribution is 6.39. The van der Waals surface area contributed by atoms with Crippen molar-refractivity contribution in [2.75, 3.05) is 55.2 Å². The summed E-state index contributed by atoms with van der Waals surface area (Å²) in [4.78, 5) is 32.5. The van der Waals surface area contributed by atoms with Crippen molar-refractivity contribution >= 4 is 63.5 Å². The number of nitrogens with zero attached hydrogens (tertiary/aromatic N) is 6. The maximum absolute atomic E-state index is 14.1. The first-order chi connectivity index (χ1) is 28.7. The van der Waals surface area contributed by atoms with Gasteiger partial charge in [0.15, 0.2) is 12.6 Å². The normalized spacial score (nSPS) is 14.9. The van der Waals surface area contributed by atoms with Crippen molar-refractivity contribution in [2.45, 2.75) is 51.5 Å². The van der Waals surface area contributed by atoms with Gasteiger partial charge in [0.2, 0.25) is 17.8 Å². The highest BCUT2D eigenvalue weighted by Crippen LogP contribution is 2.41. The Morgan fingerprint density at radius 2 is 1.58 bits per heavy atom. The lowest BCUT2D eigenvalue weighted by Gasteiger charge is -2.32. The Bertz CT molecular complexity index is 2370. The van der Waals surface area contributed by atoms with E-state index >= 15 is 0 Å². The number of rotatable bonds is 12. The minimum absolute atomic E-state index is 0.0877. The molecular weight excluding hydrogens is 801 g/mol. The summed E-state index contributed by atoms with van der Waals surface area (Å²) in [6.45, 7) is 6.41. The number of alkyl halides is 2. The molecular formula is C43H44Cl2F2N8O4. The molecule has 308 valence electrons. The SMILES string of the molecule is CCOCOC(=O)c1ccccc1Nc1c(Cl)ccc(C)c1Cl.FC(F)c1nc2ccccc2n1-c1nc(NC2(c3ccccc3)CCCC2)nc(N2CCOCC2)n1. The quantitative estimate of drug-likeness (QED) is 0.0694. The number of carbonyl (C=O) groups is 1. The van der Waals surface area contributed by atoms with Crippen molar-refractivity contribution in [3.05, 3.63) is 124 Å². The maximum atomic E-state index is 14.1. The molecule has 1 aliphatic carbocycles. The monoisotopic (exact) mass is 844 g/mol. The van der Waals surface area contributed by atoms with E-state index in [1.165, 1.54) is 10.1 Å². The van der Waals surface area contributed by atoms with Crippen molar-refractivity contribution < 1.29 is 27.8 Å². The summed E-state index contributed by atoms with van der Waals surface area (Å²) in [7, 11) is 0. The van der Waals surface area contributed by atoms with Crippen LogP contribution < -0.4 is 15.5 Å². The van der Waals surface area contributed by atoms with Crippen LogP contribution in [0, 0.1) is 6.92 Å². The third-order valence-electron chi connectivity index (χ3n) is 10.2. The van der Waals surface area contributed by atoms with Gasteiger partial charge in [-0.25, -0.2) is 18.6 Å². The zero-order chi connectivity index (χ0) is 41.4. The zero-order valence-corrected chi connectivity index (χ0v) is 34.1. The van der Waals surface area contributed by atoms with Crippen LogP contribution in [0.3, 0.4) is 0 Å². The van der Waals surface area contributed by atoms with Crippen LogP contribution >= 0.6 is 23.2 Å². The number of esters is 1. The number of imidazole rings is 1. The van der Waals surface area contributed by atoms with Crippen LogP contribution in [0.1, 0.15) is 66.3 Å². The molecule has 0 radical (unpaired) electrons. The number of hydrogen-bond acceptors (Lipinski definition) is 11. The van der Waals surface area contributed by atoms with E-state index in [4.69, 9.17) is 47.4 Å². The molecule has 3 heterocycles. The van der Waals surface area contributed by atoms with Gasteiger partial charge in [-0.2, -0.15) is 15.0 Å². The van der Waals surface area contributed by atoms with Crippen LogP contribution in [0.25, 0.3) is 17.0 Å². The minimum atomic E-state index is -2.79. The smallest absolute Gasteiger partial charge is 0.342 e. The van der Waals surface area contributed by atoms with E-state index in [1.807, 2.05) is 43.0 Å². The summed E-state index contributed by atoms with van der Waals surface area (Å²) in [5.74, 6) is 0.0517. The molecule has 0 bridgehead atoms. The summed E-state index contributed by atoms with van der Waals surface area (Å²) in [6, 6.07) is 27.9. The zero-order valence-electron chi connectivity index (χ0n) is 32.6. The molecule has 16 heteroatoms. The lowest BCUT2D eigenvalue weighted by atomic mass is 9.88. The van der Waals surface area contributed by atoms with Crippen LogP contribution in [-0.4, -0.2) is 70.2 Å². The van der Waals surface area contributed by atoms with E-state index in [2.05, 4.69) is 32.7 Å². The fourth-order valence-electron chi connectivity index (χ4n) is 7.18. The van der Waals surface area contributed by atoms with E-state index in [0.717, 1.165) is 31.2 Å². The molecule has 1 saturated carbocycles. The highest BCUT2D eigenvalue weighted by atomic mass is 35.5. The van der Waals surface area contributed by atoms with Gasteiger partial charge in [-0.3, -0.25) is 4.57 Å². The van der Waals surface area contributed by atoms with E-state index in [1.54, 1.807) is 54.6 Å². The van der Waals surface area contributed by atoms with Crippen LogP contribution in [0.5, 0.6) is 0 Å². The number of hydrogen-bond donors (Lipinski definition) is 2. The minimum Gasteiger partial charge on any atom is -0.435 e. The molecule has 6 aromatic rings. The van der Waals surface area contributed by atoms with Crippen molar-refractivity contribution in [1.29, 1.82) is 0 Å². The molecule has 4 aromatic carbocycles. The number of aromatic nitrogens is 5. The Hall–Kier alpha value is -5.41. The number of nitrogens with one attached hydrogen (secondary N) is 2. The molecule has 0 atom stereocenters. The molecule has 59 heavy (non-hydrogen) atoms. The maximum Gasteiger partial charge on any atom is 0.342 e. The van der Waals surface area contributed by atoms with Crippen molar-refractivity contribution in [1.82, 2.24) is 24.5 Å². The Morgan fingerprint density at radius 3 is 2.32 bits per heavy atom. The molecule has 2 aromatic heterocycles. The molecule has 12 nitrogen and oxygen atoms in total. The van der Waals surface area contributed by atoms with Gasteiger partial charge in [-0.15, -0.1) is 0 Å². The number of anilines is 4. The van der Waals surface area contributed by atoms with Gasteiger partial charge in [0, 0.05) is 19.7 Å². The number of morpholine rings is 1. The Balaban J connectivity index is 0.000000199. The van der Waals surface area contributed by atoms with Crippen LogP contribution in [0.4, 0.5) is 32.1 Å². The van der Waals surface area contributed by atoms with Crippen molar-refractivity contribution in [3.8, 4) is 5.95 Å². The first-order valence-electron chi connectivity index (χ1n) is 19.4. The van der Waals surface area contributed by atoms with Gasteiger partial charge in [0.25, 0.3) is 6.43 Å². The molecule has 0 amide bonds. The number of carbonyl (C=O) groups excluding carboxylic acids is 1. The number of fused-ring (bicyclic) bond motifs is 1. The predicted octanol–water partition coefficient (Wildman–Crippen LogP) is 10.1. The highest BCUT2D eigenvalue weighted by Gasteiger charge is 2.37. The molecule has 0 spiro atoms. The topological polar surface area (TPSA) is 129 Å². The van der Waals surface area contributed by atoms with E-state index in [9.17, 15) is 13.6 Å². The van der Waals surface area contributed by atoms with Crippen molar-refractivity contribution in [2.24, 2.45) is 0 Å². The second kappa shape index (κ2) is 19.1. The third kappa shape index (κ3) is 9.57. The van der Waals surface area contributed by atoms with Gasteiger partial charge >= 0.3 is 5.97 Å². The number of ether oxygens (including phenoxy) is 3. The van der Waals surface area contributed by atoms with Gasteiger partial charge in [0.05, 0.1) is 56.8 Å². The van der Waals surface area contributed by atoms with Gasteiger partial charge < -0.3 is 29.7 Å². The van der Waals surface area contributed by atoms with E-state index < -0.39 is 12.4 Å². The summed E-state index contributed by atoms with van der Waals surface area (Å²) >= 11 is 12.5. The van der Waals surface area contributed by atoms with Gasteiger partial charge in [0.1, 0.15) is 0 Å². The van der Waals surface area contributed by atoms with E-state index in [-0.39, 0.29) is 24.1 Å². The van der Waals surface area contributed by atoms with Crippen LogP contribution in [-0.2, 0) is 19.7 Å². The van der Waals surface area contributed by atoms with Gasteiger partial charge in [-0.05, 0) is 68.1 Å². The summed E-state index contributed by atoms with van der Waals surface area (Å²) in [5, 5.41) is 7.70. The average molecular weight is 846 g/mol. The first kappa shape index (κ1) is 41.7. The molecule has 1 aliphatic heterocycles. The van der Waals surface area contributed by atoms with Crippen LogP contribution in [0.2, 0.25) is 10.0 Å². The Labute approximate surface area is 350 Å². The number of aryl methyl sites for hydroxylation is 1. The number of para-hydroxylation sites is 3. The molecule has 2 N–H and O–H groups in total. The van der Waals surface area contributed by atoms with Crippen molar-refractivity contribution in [3.63, 3.8) is 0 Å². The fourth-order valence-corrected chi connectivity index (χ4v) is 7.65. The van der Waals surface area contributed by atoms with E-state index in [0.29, 0.717) is 82.8 Å². The second-order valence-electron chi connectivity index (χ2n) is 14.0. The Kier molecular flexibility index (Phi) is 13.5. The average Bonchev–Trinajstić information content (AvgIpc) is 3.91. The predicted molar refractivity (Wildman–Crippen MR) is 225 cm³/mol. The molecule has 0 unspecified atom stereocenters. The molecule has 8 rings (SSSR count). The largest absolute Gasteiger partial charge is 0.435 e. The lowest BCUT2D eigenvalue weighted by molar-refractivity contribution is -0.0273. The number of halogens is 4. The molecule has 2 aliphatic rings.